The summed E-state index contributed by atoms with van der Waals surface area (Å²) in [7, 11) is 0. The lowest BCUT2D eigenvalue weighted by atomic mass is 10.2. The third-order valence-electron chi connectivity index (χ3n) is 3.88. The minimum absolute atomic E-state index is 0.121. The second-order valence-electron chi connectivity index (χ2n) is 5.66. The van der Waals surface area contributed by atoms with E-state index in [2.05, 4.69) is 15.4 Å². The molecule has 2 amide bonds. The predicted octanol–water partition coefficient (Wildman–Crippen LogP) is 0.697. The molecule has 1 fully saturated rings. The van der Waals surface area contributed by atoms with Crippen molar-refractivity contribution in [3.05, 3.63) is 29.2 Å². The van der Waals surface area contributed by atoms with Crippen molar-refractivity contribution in [1.82, 2.24) is 24.8 Å². The highest BCUT2D eigenvalue weighted by Gasteiger charge is 2.30. The Labute approximate surface area is 128 Å². The van der Waals surface area contributed by atoms with Crippen LogP contribution >= 0.6 is 0 Å². The molecule has 0 saturated carbocycles. The molecule has 7 heteroatoms. The number of fused-ring (bicyclic) bond motifs is 1. The summed E-state index contributed by atoms with van der Waals surface area (Å²) in [6, 6.07) is 3.06. The van der Waals surface area contributed by atoms with Crippen molar-refractivity contribution in [2.75, 3.05) is 13.1 Å². The molecule has 2 aromatic rings. The summed E-state index contributed by atoms with van der Waals surface area (Å²) in [4.78, 5) is 30.9. The van der Waals surface area contributed by atoms with Gasteiger partial charge in [0.15, 0.2) is 5.65 Å². The molecule has 7 nitrogen and oxygen atoms in total. The van der Waals surface area contributed by atoms with E-state index in [1.54, 1.807) is 22.4 Å². The van der Waals surface area contributed by atoms with E-state index in [0.29, 0.717) is 24.4 Å². The van der Waals surface area contributed by atoms with Gasteiger partial charge in [-0.15, -0.1) is 0 Å². The third-order valence-corrected chi connectivity index (χ3v) is 3.88. The highest BCUT2D eigenvalue weighted by Crippen LogP contribution is 2.15. The first-order valence-electron chi connectivity index (χ1n) is 7.40. The predicted molar refractivity (Wildman–Crippen MR) is 80.6 cm³/mol. The van der Waals surface area contributed by atoms with E-state index in [0.717, 1.165) is 17.8 Å². The van der Waals surface area contributed by atoms with Gasteiger partial charge in [0.05, 0.1) is 5.69 Å². The number of carbonyl (C=O) groups excluding carboxylic acids is 2. The van der Waals surface area contributed by atoms with Crippen LogP contribution in [0.15, 0.2) is 12.1 Å². The molecule has 0 spiro atoms. The molecule has 0 aliphatic carbocycles. The molecular formula is C15H19N5O2. The zero-order valence-electron chi connectivity index (χ0n) is 13.0. The van der Waals surface area contributed by atoms with Crippen molar-refractivity contribution in [3.63, 3.8) is 0 Å². The monoisotopic (exact) mass is 301 g/mol. The largest absolute Gasteiger partial charge is 0.354 e. The molecule has 0 bridgehead atoms. The lowest BCUT2D eigenvalue weighted by Crippen LogP contribution is -2.45. The molecule has 0 aromatic carbocycles. The van der Waals surface area contributed by atoms with Crippen LogP contribution in [-0.4, -0.2) is 50.4 Å². The fourth-order valence-electron chi connectivity index (χ4n) is 2.74. The molecule has 1 saturated heterocycles. The molecule has 1 N–H and O–H groups in total. The Balaban J connectivity index is 2.06. The van der Waals surface area contributed by atoms with Crippen molar-refractivity contribution in [2.45, 2.75) is 33.2 Å². The zero-order valence-corrected chi connectivity index (χ0v) is 13.0. The van der Waals surface area contributed by atoms with Gasteiger partial charge < -0.3 is 10.2 Å². The Morgan fingerprint density at radius 1 is 1.32 bits per heavy atom. The number of carbonyl (C=O) groups is 2. The summed E-state index contributed by atoms with van der Waals surface area (Å²) >= 11 is 0. The standard InChI is InChI=1S/C15H19N5O2/c1-9-7-12(20-13(17-9)8-10(2)18-20)15(22)19-6-4-5-16-14(21)11(19)3/h7-8,11H,4-6H2,1-3H3,(H,16,21)/t11-/m0/s1. The SMILES string of the molecule is Cc1cc(C(=O)N2CCCNC(=O)[C@@H]2C)n2nc(C)cc2n1. The summed E-state index contributed by atoms with van der Waals surface area (Å²) < 4.78 is 1.56. The molecule has 1 aliphatic rings. The Morgan fingerprint density at radius 3 is 2.86 bits per heavy atom. The molecule has 3 heterocycles. The molecule has 3 rings (SSSR count). The highest BCUT2D eigenvalue weighted by atomic mass is 16.2. The van der Waals surface area contributed by atoms with E-state index in [-0.39, 0.29) is 11.8 Å². The average molecular weight is 301 g/mol. The number of rotatable bonds is 1. The van der Waals surface area contributed by atoms with E-state index in [1.807, 2.05) is 19.9 Å². The Bertz CT molecular complexity index is 752. The fraction of sp³-hybridized carbons (Fsp3) is 0.467. The molecule has 1 atom stereocenters. The number of nitrogens with one attached hydrogen (secondary N) is 1. The van der Waals surface area contributed by atoms with Crippen molar-refractivity contribution in [3.8, 4) is 0 Å². The van der Waals surface area contributed by atoms with Crippen LogP contribution in [0.3, 0.4) is 0 Å². The number of aryl methyl sites for hydroxylation is 2. The number of amides is 2. The fourth-order valence-corrected chi connectivity index (χ4v) is 2.74. The van der Waals surface area contributed by atoms with Crippen molar-refractivity contribution >= 4 is 17.5 Å². The molecule has 1 aliphatic heterocycles. The topological polar surface area (TPSA) is 79.6 Å². The Hall–Kier alpha value is -2.44. The smallest absolute Gasteiger partial charge is 0.273 e. The first kappa shape index (κ1) is 14.5. The zero-order chi connectivity index (χ0) is 15.9. The summed E-state index contributed by atoms with van der Waals surface area (Å²) in [5, 5.41) is 7.16. The number of hydrogen-bond acceptors (Lipinski definition) is 4. The van der Waals surface area contributed by atoms with Gasteiger partial charge in [-0.3, -0.25) is 9.59 Å². The van der Waals surface area contributed by atoms with E-state index < -0.39 is 6.04 Å². The van der Waals surface area contributed by atoms with Gasteiger partial charge in [-0.2, -0.15) is 5.10 Å². The number of nitrogens with zero attached hydrogens (tertiary/aromatic N) is 4. The molecule has 2 aromatic heterocycles. The molecule has 0 radical (unpaired) electrons. The lowest BCUT2D eigenvalue weighted by molar-refractivity contribution is -0.124. The molecular weight excluding hydrogens is 282 g/mol. The van der Waals surface area contributed by atoms with Gasteiger partial charge in [0.25, 0.3) is 5.91 Å². The highest BCUT2D eigenvalue weighted by molar-refractivity contribution is 5.96. The van der Waals surface area contributed by atoms with Crippen LogP contribution in [0, 0.1) is 13.8 Å². The third kappa shape index (κ3) is 2.43. The van der Waals surface area contributed by atoms with E-state index in [9.17, 15) is 9.59 Å². The van der Waals surface area contributed by atoms with Gasteiger partial charge in [-0.1, -0.05) is 0 Å². The van der Waals surface area contributed by atoms with Crippen LogP contribution in [0.5, 0.6) is 0 Å². The van der Waals surface area contributed by atoms with Crippen LogP contribution in [-0.2, 0) is 4.79 Å². The lowest BCUT2D eigenvalue weighted by Gasteiger charge is -2.25. The second-order valence-corrected chi connectivity index (χ2v) is 5.66. The first-order chi connectivity index (χ1) is 10.5. The van der Waals surface area contributed by atoms with Gasteiger partial charge in [0.1, 0.15) is 11.7 Å². The average Bonchev–Trinajstić information content (AvgIpc) is 2.76. The second kappa shape index (κ2) is 5.40. The maximum atomic E-state index is 12.9. The number of hydrogen-bond donors (Lipinski definition) is 1. The van der Waals surface area contributed by atoms with Crippen LogP contribution in [0.2, 0.25) is 0 Å². The summed E-state index contributed by atoms with van der Waals surface area (Å²) in [5.41, 5.74) is 2.64. The molecule has 22 heavy (non-hydrogen) atoms. The maximum Gasteiger partial charge on any atom is 0.273 e. The minimum atomic E-state index is -0.491. The normalized spacial score (nSPS) is 19.1. The van der Waals surface area contributed by atoms with Crippen LogP contribution in [0.4, 0.5) is 0 Å². The van der Waals surface area contributed by atoms with Crippen LogP contribution < -0.4 is 5.32 Å². The summed E-state index contributed by atoms with van der Waals surface area (Å²) in [6.07, 6.45) is 0.743. The first-order valence-corrected chi connectivity index (χ1v) is 7.40. The van der Waals surface area contributed by atoms with Gasteiger partial charge in [0, 0.05) is 24.8 Å². The van der Waals surface area contributed by atoms with Crippen molar-refractivity contribution in [2.24, 2.45) is 0 Å². The van der Waals surface area contributed by atoms with Gasteiger partial charge >= 0.3 is 0 Å². The van der Waals surface area contributed by atoms with Gasteiger partial charge in [-0.05, 0) is 33.3 Å². The van der Waals surface area contributed by atoms with Gasteiger partial charge in [-0.25, -0.2) is 9.50 Å². The van der Waals surface area contributed by atoms with Crippen LogP contribution in [0.1, 0.15) is 35.2 Å². The van der Waals surface area contributed by atoms with Crippen LogP contribution in [0.25, 0.3) is 5.65 Å². The minimum Gasteiger partial charge on any atom is -0.354 e. The summed E-state index contributed by atoms with van der Waals surface area (Å²) in [6.45, 7) is 6.59. The van der Waals surface area contributed by atoms with E-state index in [1.165, 1.54) is 0 Å². The van der Waals surface area contributed by atoms with Crippen molar-refractivity contribution < 1.29 is 9.59 Å². The van der Waals surface area contributed by atoms with E-state index in [4.69, 9.17) is 0 Å². The molecule has 116 valence electrons. The summed E-state index contributed by atoms with van der Waals surface area (Å²) in [5.74, 6) is -0.312. The van der Waals surface area contributed by atoms with Gasteiger partial charge in [0.2, 0.25) is 5.91 Å². The van der Waals surface area contributed by atoms with Crippen molar-refractivity contribution in [1.29, 1.82) is 0 Å². The number of aromatic nitrogens is 3. The Kier molecular flexibility index (Phi) is 3.56. The molecule has 0 unspecified atom stereocenters. The maximum absolute atomic E-state index is 12.9. The Morgan fingerprint density at radius 2 is 2.09 bits per heavy atom. The van der Waals surface area contributed by atoms with E-state index >= 15 is 0 Å². The quantitative estimate of drug-likeness (QED) is 0.841.